The minimum absolute atomic E-state index is 0.0402. The fraction of sp³-hybridized carbons (Fsp3) is 0.500. The molecule has 0 atom stereocenters. The summed E-state index contributed by atoms with van der Waals surface area (Å²) < 4.78 is 50.7. The molecular formula is C14H23N3O5S2. The predicted octanol–water partition coefficient (Wildman–Crippen LogP) is -0.00390. The molecular weight excluding hydrogens is 354 g/mol. The van der Waals surface area contributed by atoms with Crippen molar-refractivity contribution in [3.63, 3.8) is 0 Å². The van der Waals surface area contributed by atoms with Crippen LogP contribution in [0.2, 0.25) is 0 Å². The maximum absolute atomic E-state index is 12.3. The molecule has 0 bridgehead atoms. The van der Waals surface area contributed by atoms with Crippen LogP contribution < -0.4 is 10.0 Å². The van der Waals surface area contributed by atoms with Crippen LogP contribution >= 0.6 is 0 Å². The Balaban J connectivity index is 2.79. The van der Waals surface area contributed by atoms with Crippen LogP contribution in [0.1, 0.15) is 24.2 Å². The van der Waals surface area contributed by atoms with Crippen LogP contribution in [0, 0.1) is 0 Å². The second-order valence-electron chi connectivity index (χ2n) is 4.89. The van der Waals surface area contributed by atoms with Gasteiger partial charge in [-0.05, 0) is 31.3 Å². The Bertz CT molecular complexity index is 754. The number of amides is 1. The largest absolute Gasteiger partial charge is 0.351 e. The van der Waals surface area contributed by atoms with Crippen molar-refractivity contribution in [2.24, 2.45) is 0 Å². The van der Waals surface area contributed by atoms with Crippen LogP contribution in [0.4, 0.5) is 0 Å². The zero-order valence-electron chi connectivity index (χ0n) is 13.9. The van der Waals surface area contributed by atoms with E-state index in [9.17, 15) is 21.6 Å². The van der Waals surface area contributed by atoms with Crippen LogP contribution in [-0.2, 0) is 20.0 Å². The van der Waals surface area contributed by atoms with E-state index >= 15 is 0 Å². The smallest absolute Gasteiger partial charge is 0.251 e. The fourth-order valence-electron chi connectivity index (χ4n) is 1.99. The molecule has 1 rings (SSSR count). The van der Waals surface area contributed by atoms with Crippen molar-refractivity contribution in [3.8, 4) is 0 Å². The number of rotatable bonds is 9. The summed E-state index contributed by atoms with van der Waals surface area (Å²) in [4.78, 5) is 12.1. The fourth-order valence-corrected chi connectivity index (χ4v) is 4.03. The van der Waals surface area contributed by atoms with Gasteiger partial charge in [0, 0.05) is 25.2 Å². The zero-order valence-corrected chi connectivity index (χ0v) is 15.6. The Morgan fingerprint density at radius 3 is 2.04 bits per heavy atom. The van der Waals surface area contributed by atoms with Crippen LogP contribution in [-0.4, -0.2) is 59.5 Å². The van der Waals surface area contributed by atoms with Gasteiger partial charge in [-0.2, -0.15) is 4.31 Å². The summed E-state index contributed by atoms with van der Waals surface area (Å²) in [6, 6.07) is 5.54. The molecule has 0 saturated heterocycles. The van der Waals surface area contributed by atoms with Crippen LogP contribution in [0.25, 0.3) is 0 Å². The molecule has 8 nitrogen and oxygen atoms in total. The number of nitrogens with one attached hydrogen (secondary N) is 2. The van der Waals surface area contributed by atoms with Gasteiger partial charge in [0.25, 0.3) is 5.91 Å². The third-order valence-corrected chi connectivity index (χ3v) is 6.85. The van der Waals surface area contributed by atoms with Gasteiger partial charge in [-0.15, -0.1) is 0 Å². The molecule has 0 heterocycles. The van der Waals surface area contributed by atoms with Crippen molar-refractivity contribution in [1.29, 1.82) is 0 Å². The molecule has 2 N–H and O–H groups in total. The summed E-state index contributed by atoms with van der Waals surface area (Å²) in [5, 5.41) is 2.47. The Morgan fingerprint density at radius 1 is 1.04 bits per heavy atom. The Kier molecular flexibility index (Phi) is 7.33. The summed E-state index contributed by atoms with van der Waals surface area (Å²) in [6.07, 6.45) is 0. The monoisotopic (exact) mass is 377 g/mol. The SMILES string of the molecule is CCN(CC)S(=O)(=O)c1ccc(C(=O)NCCS(=O)(=O)NC)cc1. The number of carbonyl (C=O) groups excluding carboxylic acids is 1. The number of sulfonamides is 2. The predicted molar refractivity (Wildman–Crippen MR) is 91.7 cm³/mol. The van der Waals surface area contributed by atoms with Crippen molar-refractivity contribution >= 4 is 26.0 Å². The molecule has 0 spiro atoms. The molecule has 0 saturated carbocycles. The van der Waals surface area contributed by atoms with Crippen molar-refractivity contribution in [1.82, 2.24) is 14.3 Å². The van der Waals surface area contributed by atoms with Crippen molar-refractivity contribution in [2.75, 3.05) is 32.4 Å². The van der Waals surface area contributed by atoms with Gasteiger partial charge in [0.1, 0.15) is 0 Å². The summed E-state index contributed by atoms with van der Waals surface area (Å²) in [5.74, 6) is -0.697. The molecule has 24 heavy (non-hydrogen) atoms. The van der Waals surface area contributed by atoms with Crippen LogP contribution in [0.3, 0.4) is 0 Å². The summed E-state index contributed by atoms with van der Waals surface area (Å²) >= 11 is 0. The van der Waals surface area contributed by atoms with Gasteiger partial charge < -0.3 is 5.32 Å². The molecule has 1 aromatic rings. The number of hydrogen-bond acceptors (Lipinski definition) is 5. The first-order valence-corrected chi connectivity index (χ1v) is 10.6. The molecule has 0 aromatic heterocycles. The summed E-state index contributed by atoms with van der Waals surface area (Å²) in [7, 11) is -5.66. The maximum Gasteiger partial charge on any atom is 0.251 e. The first-order chi connectivity index (χ1) is 11.2. The van der Waals surface area contributed by atoms with E-state index in [1.165, 1.54) is 35.6 Å². The highest BCUT2D eigenvalue weighted by molar-refractivity contribution is 7.89. The molecule has 0 unspecified atom stereocenters. The first kappa shape index (κ1) is 20.6. The quantitative estimate of drug-likeness (QED) is 0.629. The second kappa shape index (κ2) is 8.56. The van der Waals surface area contributed by atoms with E-state index in [1.54, 1.807) is 13.8 Å². The Morgan fingerprint density at radius 2 is 1.58 bits per heavy atom. The van der Waals surface area contributed by atoms with Gasteiger partial charge in [-0.1, -0.05) is 13.8 Å². The third-order valence-electron chi connectivity index (χ3n) is 3.43. The highest BCUT2D eigenvalue weighted by atomic mass is 32.2. The average Bonchev–Trinajstić information content (AvgIpc) is 2.55. The molecule has 0 fully saturated rings. The minimum Gasteiger partial charge on any atom is -0.351 e. The lowest BCUT2D eigenvalue weighted by Gasteiger charge is -2.18. The lowest BCUT2D eigenvalue weighted by molar-refractivity contribution is 0.0956. The van der Waals surface area contributed by atoms with Gasteiger partial charge in [-0.25, -0.2) is 21.6 Å². The molecule has 0 radical (unpaired) electrons. The molecule has 1 aromatic carbocycles. The van der Waals surface area contributed by atoms with Gasteiger partial charge in [0.05, 0.1) is 10.6 Å². The normalized spacial score (nSPS) is 12.3. The number of hydrogen-bond donors (Lipinski definition) is 2. The van der Waals surface area contributed by atoms with Crippen LogP contribution in [0.5, 0.6) is 0 Å². The molecule has 0 aliphatic rings. The van der Waals surface area contributed by atoms with E-state index in [0.29, 0.717) is 13.1 Å². The van der Waals surface area contributed by atoms with Gasteiger partial charge in [0.15, 0.2) is 0 Å². The minimum atomic E-state index is -3.57. The molecule has 0 aliphatic carbocycles. The first-order valence-electron chi connectivity index (χ1n) is 7.47. The molecule has 136 valence electrons. The highest BCUT2D eigenvalue weighted by Crippen LogP contribution is 2.16. The molecule has 0 aliphatic heterocycles. The molecule has 1 amide bonds. The van der Waals surface area contributed by atoms with Crippen molar-refractivity contribution < 1.29 is 21.6 Å². The number of nitrogens with zero attached hydrogens (tertiary/aromatic N) is 1. The van der Waals surface area contributed by atoms with Crippen molar-refractivity contribution in [2.45, 2.75) is 18.7 Å². The van der Waals surface area contributed by atoms with Gasteiger partial charge >= 0.3 is 0 Å². The second-order valence-corrected chi connectivity index (χ2v) is 8.88. The van der Waals surface area contributed by atoms with E-state index < -0.39 is 26.0 Å². The van der Waals surface area contributed by atoms with Gasteiger partial charge in [-0.3, -0.25) is 4.79 Å². The van der Waals surface area contributed by atoms with Crippen molar-refractivity contribution in [3.05, 3.63) is 29.8 Å². The van der Waals surface area contributed by atoms with E-state index in [2.05, 4.69) is 10.0 Å². The lowest BCUT2D eigenvalue weighted by atomic mass is 10.2. The van der Waals surface area contributed by atoms with E-state index in [1.807, 2.05) is 0 Å². The standard InChI is InChI=1S/C14H23N3O5S2/c1-4-17(5-2)24(21,22)13-8-6-12(7-9-13)14(18)16-10-11-23(19,20)15-3/h6-9,15H,4-5,10-11H2,1-3H3,(H,16,18). The average molecular weight is 377 g/mol. The number of carbonyl (C=O) groups is 1. The lowest BCUT2D eigenvalue weighted by Crippen LogP contribution is -2.33. The Labute approximate surface area is 143 Å². The van der Waals surface area contributed by atoms with E-state index in [4.69, 9.17) is 0 Å². The summed E-state index contributed by atoms with van der Waals surface area (Å²) in [6.45, 7) is 4.19. The highest BCUT2D eigenvalue weighted by Gasteiger charge is 2.21. The zero-order chi connectivity index (χ0) is 18.4. The number of benzene rings is 1. The van der Waals surface area contributed by atoms with Gasteiger partial charge in [0.2, 0.25) is 20.0 Å². The molecule has 10 heteroatoms. The maximum atomic E-state index is 12.3. The Hall–Kier alpha value is -1.49. The van der Waals surface area contributed by atoms with Crippen LogP contribution in [0.15, 0.2) is 29.2 Å². The summed E-state index contributed by atoms with van der Waals surface area (Å²) in [5.41, 5.74) is 0.260. The third kappa shape index (κ3) is 5.26. The van der Waals surface area contributed by atoms with E-state index in [0.717, 1.165) is 0 Å². The van der Waals surface area contributed by atoms with E-state index in [-0.39, 0.29) is 22.8 Å². The topological polar surface area (TPSA) is 113 Å².